The van der Waals surface area contributed by atoms with E-state index in [4.69, 9.17) is 0 Å². The van der Waals surface area contributed by atoms with Gasteiger partial charge in [0.05, 0.1) is 11.4 Å². The van der Waals surface area contributed by atoms with Crippen LogP contribution in [0.4, 0.5) is 11.4 Å². The zero-order valence-corrected chi connectivity index (χ0v) is 29.0. The van der Waals surface area contributed by atoms with Crippen molar-refractivity contribution in [3.8, 4) is 0 Å². The van der Waals surface area contributed by atoms with Crippen LogP contribution < -0.4 is 21.8 Å². The molecule has 13 nitrogen and oxygen atoms in total. The second-order valence-corrected chi connectivity index (χ2v) is 12.0. The number of carbonyl (C=O) groups excluding carboxylic acids is 1. The summed E-state index contributed by atoms with van der Waals surface area (Å²) in [6.45, 7) is 8.61. The average molecular weight is 665 g/mol. The van der Waals surface area contributed by atoms with Gasteiger partial charge in [-0.2, -0.15) is 10.2 Å². The summed E-state index contributed by atoms with van der Waals surface area (Å²) in [7, 11) is 3.55. The molecule has 2 aromatic carbocycles. The predicted molar refractivity (Wildman–Crippen MR) is 193 cm³/mol. The van der Waals surface area contributed by atoms with Crippen LogP contribution in [0.2, 0.25) is 0 Å². The molecule has 1 amide bonds. The van der Waals surface area contributed by atoms with Gasteiger partial charge in [-0.05, 0) is 55.2 Å². The summed E-state index contributed by atoms with van der Waals surface area (Å²) in [6.07, 6.45) is 4.63. The van der Waals surface area contributed by atoms with Crippen molar-refractivity contribution in [2.75, 3.05) is 17.2 Å². The van der Waals surface area contributed by atoms with Gasteiger partial charge in [0.2, 0.25) is 5.91 Å². The van der Waals surface area contributed by atoms with Gasteiger partial charge in [0, 0.05) is 51.8 Å². The van der Waals surface area contributed by atoms with Gasteiger partial charge in [0.15, 0.2) is 11.0 Å². The molecule has 0 bridgehead atoms. The van der Waals surface area contributed by atoms with E-state index in [1.807, 2.05) is 36.4 Å². The number of aromatic nitrogens is 8. The first-order chi connectivity index (χ1) is 23.6. The number of anilines is 2. The Hall–Kier alpha value is -5.59. The lowest BCUT2D eigenvalue weighted by molar-refractivity contribution is -0.114. The molecule has 0 saturated heterocycles. The standard InChI is InChI=1S/C18H21N5O2.C18H23N5O/c1-4-5-14-16-17(23(3)22-14)18(25)21-15(20-16)10-12-6-8-13(9-7-12)19-11(2)24;1-4-6-14-16-17(23(3)22-14)18(24)21-15(20-16)11-12-7-9-13(10-8-12)19-5-2/h6-9H,4-5,10H2,1-3H3,(H,19,24)(H,20,21,25);7-10,19H,4-6,11H2,1-3H3,(H,20,21,24). The zero-order valence-electron chi connectivity index (χ0n) is 29.0. The molecule has 6 aromatic rings. The van der Waals surface area contributed by atoms with Crippen LogP contribution in [0.3, 0.4) is 0 Å². The van der Waals surface area contributed by atoms with Gasteiger partial charge in [-0.15, -0.1) is 0 Å². The van der Waals surface area contributed by atoms with E-state index in [1.54, 1.807) is 23.5 Å². The predicted octanol–water partition coefficient (Wildman–Crippen LogP) is 4.79. The highest BCUT2D eigenvalue weighted by Crippen LogP contribution is 2.18. The minimum Gasteiger partial charge on any atom is -0.385 e. The number of aryl methyl sites for hydroxylation is 4. The molecule has 49 heavy (non-hydrogen) atoms. The van der Waals surface area contributed by atoms with Crippen molar-refractivity contribution in [1.29, 1.82) is 0 Å². The number of nitrogens with one attached hydrogen (secondary N) is 4. The van der Waals surface area contributed by atoms with Crippen molar-refractivity contribution in [3.05, 3.63) is 103 Å². The van der Waals surface area contributed by atoms with Crippen molar-refractivity contribution in [3.63, 3.8) is 0 Å². The van der Waals surface area contributed by atoms with Crippen LogP contribution in [0, 0.1) is 0 Å². The molecule has 0 fully saturated rings. The van der Waals surface area contributed by atoms with Crippen molar-refractivity contribution < 1.29 is 4.79 Å². The largest absolute Gasteiger partial charge is 0.385 e. The van der Waals surface area contributed by atoms with Gasteiger partial charge >= 0.3 is 0 Å². The minimum atomic E-state index is -0.174. The zero-order chi connectivity index (χ0) is 35.1. The normalized spacial score (nSPS) is 11.1. The van der Waals surface area contributed by atoms with E-state index >= 15 is 0 Å². The summed E-state index contributed by atoms with van der Waals surface area (Å²) in [4.78, 5) is 50.9. The summed E-state index contributed by atoms with van der Waals surface area (Å²) in [5, 5.41) is 14.9. The Kier molecular flexibility index (Phi) is 11.0. The number of H-pyrrole nitrogens is 2. The number of hydrogen-bond donors (Lipinski definition) is 4. The lowest BCUT2D eigenvalue weighted by Crippen LogP contribution is -2.14. The molecule has 13 heteroatoms. The number of amides is 1. The van der Waals surface area contributed by atoms with Gasteiger partial charge in [-0.1, -0.05) is 51.0 Å². The number of fused-ring (bicyclic) bond motifs is 2. The van der Waals surface area contributed by atoms with Crippen LogP contribution in [0.1, 0.15) is 74.7 Å². The highest BCUT2D eigenvalue weighted by molar-refractivity contribution is 5.88. The van der Waals surface area contributed by atoms with E-state index in [1.165, 1.54) is 6.92 Å². The molecule has 256 valence electrons. The third-order valence-corrected chi connectivity index (χ3v) is 7.95. The highest BCUT2D eigenvalue weighted by Gasteiger charge is 2.16. The Balaban J connectivity index is 0.000000191. The van der Waals surface area contributed by atoms with E-state index in [0.29, 0.717) is 41.0 Å². The van der Waals surface area contributed by atoms with E-state index in [-0.39, 0.29) is 17.0 Å². The number of nitrogens with zero attached hydrogens (tertiary/aromatic N) is 6. The monoisotopic (exact) mass is 664 g/mol. The number of benzene rings is 2. The molecule has 0 aliphatic rings. The molecule has 0 spiro atoms. The van der Waals surface area contributed by atoms with E-state index in [2.05, 4.69) is 73.7 Å². The summed E-state index contributed by atoms with van der Waals surface area (Å²) < 4.78 is 3.22. The Morgan fingerprint density at radius 1 is 0.694 bits per heavy atom. The first-order valence-electron chi connectivity index (χ1n) is 16.7. The lowest BCUT2D eigenvalue weighted by Gasteiger charge is -2.05. The number of carbonyl (C=O) groups is 1. The molecule has 0 atom stereocenters. The molecule has 0 aliphatic heterocycles. The molecule has 4 aromatic heterocycles. The fourth-order valence-corrected chi connectivity index (χ4v) is 5.81. The molecule has 0 unspecified atom stereocenters. The highest BCUT2D eigenvalue weighted by atomic mass is 16.1. The minimum absolute atomic E-state index is 0.107. The summed E-state index contributed by atoms with van der Waals surface area (Å²) in [5.41, 5.74) is 7.85. The maximum Gasteiger partial charge on any atom is 0.277 e. The van der Waals surface area contributed by atoms with Crippen LogP contribution in [-0.4, -0.2) is 51.9 Å². The first kappa shape index (κ1) is 34.7. The molecule has 0 aliphatic carbocycles. The summed E-state index contributed by atoms with van der Waals surface area (Å²) in [5.74, 6) is 1.17. The third-order valence-electron chi connectivity index (χ3n) is 7.95. The van der Waals surface area contributed by atoms with Gasteiger partial charge in [0.25, 0.3) is 11.1 Å². The van der Waals surface area contributed by atoms with Crippen LogP contribution in [0.5, 0.6) is 0 Å². The van der Waals surface area contributed by atoms with E-state index in [9.17, 15) is 14.4 Å². The maximum atomic E-state index is 12.4. The molecule has 6 rings (SSSR count). The third kappa shape index (κ3) is 8.29. The molecule has 0 saturated carbocycles. The van der Waals surface area contributed by atoms with E-state index < -0.39 is 0 Å². The Morgan fingerprint density at radius 3 is 1.51 bits per heavy atom. The number of hydrogen-bond acceptors (Lipinski definition) is 8. The van der Waals surface area contributed by atoms with Crippen LogP contribution in [-0.2, 0) is 44.6 Å². The fraction of sp³-hybridized carbons (Fsp3) is 0.361. The van der Waals surface area contributed by atoms with Crippen LogP contribution in [0.15, 0.2) is 58.1 Å². The van der Waals surface area contributed by atoms with Crippen LogP contribution in [0.25, 0.3) is 22.1 Å². The molecule has 4 N–H and O–H groups in total. The smallest absolute Gasteiger partial charge is 0.277 e. The molecule has 4 heterocycles. The van der Waals surface area contributed by atoms with Gasteiger partial charge < -0.3 is 20.6 Å². The van der Waals surface area contributed by atoms with Crippen molar-refractivity contribution in [2.45, 2.75) is 66.2 Å². The van der Waals surface area contributed by atoms with Crippen molar-refractivity contribution in [1.82, 2.24) is 39.5 Å². The molecular weight excluding hydrogens is 620 g/mol. The number of aromatic amines is 2. The molecule has 0 radical (unpaired) electrons. The number of rotatable bonds is 11. The summed E-state index contributed by atoms with van der Waals surface area (Å²) >= 11 is 0. The van der Waals surface area contributed by atoms with Gasteiger partial charge in [-0.25, -0.2) is 9.97 Å². The lowest BCUT2D eigenvalue weighted by atomic mass is 10.1. The Labute approximate surface area is 284 Å². The SMILES string of the molecule is CCCc1nn(C)c2c(=O)[nH]c(Cc3ccc(NC(C)=O)cc3)nc12.CCCc1nn(C)c2c(=O)[nH]c(Cc3ccc(NCC)cc3)nc12. The quantitative estimate of drug-likeness (QED) is 0.153. The van der Waals surface area contributed by atoms with Gasteiger partial charge in [0.1, 0.15) is 22.7 Å². The summed E-state index contributed by atoms with van der Waals surface area (Å²) in [6, 6.07) is 15.7. The second kappa shape index (κ2) is 15.5. The first-order valence-corrected chi connectivity index (χ1v) is 16.7. The average Bonchev–Trinajstić information content (AvgIpc) is 3.55. The fourth-order valence-electron chi connectivity index (χ4n) is 5.81. The van der Waals surface area contributed by atoms with E-state index in [0.717, 1.165) is 71.6 Å². The van der Waals surface area contributed by atoms with Crippen molar-refractivity contribution >= 4 is 39.3 Å². The maximum absolute atomic E-state index is 12.4. The Bertz CT molecular complexity index is 2170. The Morgan fingerprint density at radius 2 is 1.12 bits per heavy atom. The van der Waals surface area contributed by atoms with Gasteiger partial charge in [-0.3, -0.25) is 23.7 Å². The van der Waals surface area contributed by atoms with Crippen molar-refractivity contribution in [2.24, 2.45) is 14.1 Å². The topological polar surface area (TPSA) is 168 Å². The van der Waals surface area contributed by atoms with Crippen LogP contribution >= 0.6 is 0 Å². The molecular formula is C36H44N10O3. The second-order valence-electron chi connectivity index (χ2n) is 12.0.